The molecule has 1 aliphatic heterocycles. The molecule has 8 heteroatoms. The van der Waals surface area contributed by atoms with Crippen LogP contribution in [0.4, 0.5) is 5.69 Å². The summed E-state index contributed by atoms with van der Waals surface area (Å²) in [7, 11) is -1.84. The number of ether oxygens (including phenoxy) is 1. The monoisotopic (exact) mass is 402 g/mol. The topological polar surface area (TPSA) is 97.0 Å². The van der Waals surface area contributed by atoms with Crippen LogP contribution in [-0.4, -0.2) is 38.9 Å². The molecule has 2 aromatic carbocycles. The fraction of sp³-hybridized carbons (Fsp3) is 0.350. The number of aliphatic imine (C=N–C) groups is 1. The van der Waals surface area contributed by atoms with Crippen LogP contribution in [-0.2, 0) is 16.6 Å². The Labute approximate surface area is 166 Å². The van der Waals surface area contributed by atoms with Crippen molar-refractivity contribution in [2.24, 2.45) is 10.7 Å². The van der Waals surface area contributed by atoms with Crippen molar-refractivity contribution in [1.82, 2.24) is 4.31 Å². The van der Waals surface area contributed by atoms with Gasteiger partial charge in [0.25, 0.3) is 0 Å². The van der Waals surface area contributed by atoms with Gasteiger partial charge in [-0.05, 0) is 54.8 Å². The fourth-order valence-corrected chi connectivity index (χ4v) is 4.68. The number of benzene rings is 2. The quantitative estimate of drug-likeness (QED) is 0.572. The van der Waals surface area contributed by atoms with Gasteiger partial charge in [0.05, 0.1) is 18.6 Å². The van der Waals surface area contributed by atoms with Gasteiger partial charge in [-0.1, -0.05) is 18.6 Å². The SMILES string of the molecule is COc1ccc(NC(N)=NCc2cccc(S(=O)(=O)N3CCCCC3)c2)cc1. The van der Waals surface area contributed by atoms with Gasteiger partial charge in [-0.15, -0.1) is 0 Å². The van der Waals surface area contributed by atoms with E-state index in [2.05, 4.69) is 10.3 Å². The normalized spacial score (nSPS) is 16.0. The maximum absolute atomic E-state index is 12.8. The fourth-order valence-electron chi connectivity index (χ4n) is 3.10. The summed E-state index contributed by atoms with van der Waals surface area (Å²) in [6.07, 6.45) is 2.91. The third-order valence-electron chi connectivity index (χ3n) is 4.65. The minimum absolute atomic E-state index is 0.259. The molecule has 1 heterocycles. The van der Waals surface area contributed by atoms with E-state index in [0.29, 0.717) is 24.5 Å². The highest BCUT2D eigenvalue weighted by molar-refractivity contribution is 7.89. The zero-order chi connectivity index (χ0) is 20.0. The van der Waals surface area contributed by atoms with Crippen molar-refractivity contribution in [2.75, 3.05) is 25.5 Å². The van der Waals surface area contributed by atoms with Crippen molar-refractivity contribution in [3.8, 4) is 5.75 Å². The Kier molecular flexibility index (Phi) is 6.53. The van der Waals surface area contributed by atoms with Crippen LogP contribution in [0.5, 0.6) is 5.75 Å². The summed E-state index contributed by atoms with van der Waals surface area (Å²) in [5.41, 5.74) is 7.53. The molecular formula is C20H26N4O3S. The smallest absolute Gasteiger partial charge is 0.243 e. The number of hydrogen-bond acceptors (Lipinski definition) is 4. The first-order valence-electron chi connectivity index (χ1n) is 9.29. The van der Waals surface area contributed by atoms with E-state index < -0.39 is 10.0 Å². The van der Waals surface area contributed by atoms with Gasteiger partial charge >= 0.3 is 0 Å². The van der Waals surface area contributed by atoms with Gasteiger partial charge in [0.15, 0.2) is 5.96 Å². The summed E-state index contributed by atoms with van der Waals surface area (Å²) < 4.78 is 32.3. The molecule has 0 atom stereocenters. The van der Waals surface area contributed by atoms with Crippen molar-refractivity contribution in [2.45, 2.75) is 30.7 Å². The van der Waals surface area contributed by atoms with E-state index >= 15 is 0 Å². The Balaban J connectivity index is 1.67. The maximum atomic E-state index is 12.8. The summed E-state index contributed by atoms with van der Waals surface area (Å²) in [4.78, 5) is 4.62. The lowest BCUT2D eigenvalue weighted by Gasteiger charge is -2.26. The van der Waals surface area contributed by atoms with Gasteiger partial charge in [-0.25, -0.2) is 13.4 Å². The highest BCUT2D eigenvalue weighted by Gasteiger charge is 2.25. The average molecular weight is 403 g/mol. The minimum Gasteiger partial charge on any atom is -0.497 e. The van der Waals surface area contributed by atoms with Crippen LogP contribution in [0.3, 0.4) is 0 Å². The summed E-state index contributed by atoms with van der Waals surface area (Å²) in [6, 6.07) is 14.2. The van der Waals surface area contributed by atoms with Crippen molar-refractivity contribution in [1.29, 1.82) is 0 Å². The maximum Gasteiger partial charge on any atom is 0.243 e. The van der Waals surface area contributed by atoms with Crippen LogP contribution in [0, 0.1) is 0 Å². The van der Waals surface area contributed by atoms with Crippen LogP contribution < -0.4 is 15.8 Å². The van der Waals surface area contributed by atoms with Crippen LogP contribution in [0.2, 0.25) is 0 Å². The van der Waals surface area contributed by atoms with E-state index in [1.807, 2.05) is 30.3 Å². The van der Waals surface area contributed by atoms with E-state index in [1.165, 1.54) is 0 Å². The van der Waals surface area contributed by atoms with E-state index in [-0.39, 0.29) is 5.96 Å². The second kappa shape index (κ2) is 9.07. The van der Waals surface area contributed by atoms with Crippen LogP contribution in [0.1, 0.15) is 24.8 Å². The summed E-state index contributed by atoms with van der Waals surface area (Å²) in [5.74, 6) is 1.02. The zero-order valence-corrected chi connectivity index (χ0v) is 16.8. The summed E-state index contributed by atoms with van der Waals surface area (Å²) in [5, 5.41) is 3.01. The lowest BCUT2D eigenvalue weighted by atomic mass is 10.2. The Morgan fingerprint density at radius 2 is 1.86 bits per heavy atom. The van der Waals surface area contributed by atoms with Crippen molar-refractivity contribution < 1.29 is 13.2 Å². The Hall–Kier alpha value is -2.58. The molecule has 0 amide bonds. The number of sulfonamides is 1. The first kappa shape index (κ1) is 20.2. The van der Waals surface area contributed by atoms with Crippen molar-refractivity contribution >= 4 is 21.7 Å². The highest BCUT2D eigenvalue weighted by atomic mass is 32.2. The molecule has 0 saturated carbocycles. The number of methoxy groups -OCH3 is 1. The molecule has 7 nitrogen and oxygen atoms in total. The molecule has 0 aromatic heterocycles. The van der Waals surface area contributed by atoms with E-state index in [9.17, 15) is 8.42 Å². The van der Waals surface area contributed by atoms with Gasteiger partial charge in [-0.2, -0.15) is 4.31 Å². The number of piperidine rings is 1. The molecule has 1 fully saturated rings. The third kappa shape index (κ3) is 5.02. The van der Waals surface area contributed by atoms with Gasteiger partial charge in [0, 0.05) is 18.8 Å². The minimum atomic E-state index is -3.45. The predicted octanol–water partition coefficient (Wildman–Crippen LogP) is 2.80. The first-order valence-corrected chi connectivity index (χ1v) is 10.7. The van der Waals surface area contributed by atoms with Crippen molar-refractivity contribution in [3.63, 3.8) is 0 Å². The highest BCUT2D eigenvalue weighted by Crippen LogP contribution is 2.21. The first-order chi connectivity index (χ1) is 13.5. The number of rotatable bonds is 6. The molecule has 0 aliphatic carbocycles. The summed E-state index contributed by atoms with van der Waals surface area (Å²) in [6.45, 7) is 1.46. The second-order valence-corrected chi connectivity index (χ2v) is 8.61. The predicted molar refractivity (Wildman–Crippen MR) is 111 cm³/mol. The molecule has 3 N–H and O–H groups in total. The molecule has 0 radical (unpaired) electrons. The number of nitrogens with two attached hydrogens (primary N) is 1. The lowest BCUT2D eigenvalue weighted by Crippen LogP contribution is -2.35. The molecule has 0 unspecified atom stereocenters. The summed E-state index contributed by atoms with van der Waals surface area (Å²) >= 11 is 0. The van der Waals surface area contributed by atoms with E-state index in [4.69, 9.17) is 10.5 Å². The van der Waals surface area contributed by atoms with E-state index in [1.54, 1.807) is 29.6 Å². The average Bonchev–Trinajstić information content (AvgIpc) is 2.74. The molecule has 150 valence electrons. The van der Waals surface area contributed by atoms with E-state index in [0.717, 1.165) is 36.3 Å². The molecule has 28 heavy (non-hydrogen) atoms. The molecule has 2 aromatic rings. The number of hydrogen-bond donors (Lipinski definition) is 2. The Morgan fingerprint density at radius 1 is 1.14 bits per heavy atom. The standard InChI is InChI=1S/C20H26N4O3S/c1-27-18-10-8-17(9-11-18)23-20(21)22-15-16-6-5-7-19(14-16)28(25,26)24-12-3-2-4-13-24/h5-11,14H,2-4,12-13,15H2,1H3,(H3,21,22,23). The van der Waals surface area contributed by atoms with Gasteiger partial charge in [0.2, 0.25) is 10.0 Å². The molecule has 0 bridgehead atoms. The van der Waals surface area contributed by atoms with Gasteiger partial charge in [-0.3, -0.25) is 0 Å². The van der Waals surface area contributed by atoms with Gasteiger partial charge < -0.3 is 15.8 Å². The number of nitrogens with zero attached hydrogens (tertiary/aromatic N) is 2. The molecule has 1 aliphatic rings. The zero-order valence-electron chi connectivity index (χ0n) is 16.0. The van der Waals surface area contributed by atoms with Crippen LogP contribution >= 0.6 is 0 Å². The molecular weight excluding hydrogens is 376 g/mol. The number of guanidine groups is 1. The van der Waals surface area contributed by atoms with Gasteiger partial charge in [0.1, 0.15) is 5.75 Å². The second-order valence-electron chi connectivity index (χ2n) is 6.67. The van der Waals surface area contributed by atoms with Crippen LogP contribution in [0.25, 0.3) is 0 Å². The number of nitrogens with one attached hydrogen (secondary N) is 1. The molecule has 1 saturated heterocycles. The Morgan fingerprint density at radius 3 is 2.54 bits per heavy atom. The largest absolute Gasteiger partial charge is 0.497 e. The third-order valence-corrected chi connectivity index (χ3v) is 6.54. The van der Waals surface area contributed by atoms with Crippen LogP contribution in [0.15, 0.2) is 58.4 Å². The lowest BCUT2D eigenvalue weighted by molar-refractivity contribution is 0.346. The molecule has 0 spiro atoms. The van der Waals surface area contributed by atoms with Crippen molar-refractivity contribution in [3.05, 3.63) is 54.1 Å². The number of anilines is 1. The molecule has 3 rings (SSSR count). The Bertz CT molecular complexity index is 921.